The minimum Gasteiger partial charge on any atom is -0.394 e. The van der Waals surface area contributed by atoms with Crippen LogP contribution >= 0.6 is 0 Å². The van der Waals surface area contributed by atoms with E-state index in [-0.39, 0.29) is 0 Å². The van der Waals surface area contributed by atoms with E-state index < -0.39 is 61.2 Å². The third-order valence-electron chi connectivity index (χ3n) is 4.67. The SMILES string of the molecule is COC1OC(CO)C(O)C(O)C1OC1CC(C)(C)C(O)C(C)O1. The molecule has 8 nitrogen and oxygen atoms in total. The summed E-state index contributed by atoms with van der Waals surface area (Å²) in [6, 6.07) is 0. The molecule has 0 aromatic rings. The van der Waals surface area contributed by atoms with E-state index in [2.05, 4.69) is 0 Å². The fraction of sp³-hybridized carbons (Fsp3) is 1.00. The number of hydrogen-bond acceptors (Lipinski definition) is 8. The second-order valence-electron chi connectivity index (χ2n) is 6.95. The molecule has 2 fully saturated rings. The van der Waals surface area contributed by atoms with Crippen molar-refractivity contribution in [3.8, 4) is 0 Å². The van der Waals surface area contributed by atoms with Crippen LogP contribution in [0.15, 0.2) is 0 Å². The van der Waals surface area contributed by atoms with Crippen molar-refractivity contribution in [2.45, 2.75) is 76.4 Å². The number of methoxy groups -OCH3 is 1. The van der Waals surface area contributed by atoms with Crippen LogP contribution in [0, 0.1) is 5.41 Å². The van der Waals surface area contributed by atoms with Gasteiger partial charge in [0, 0.05) is 13.5 Å². The minimum absolute atomic E-state index is 0.414. The van der Waals surface area contributed by atoms with Crippen LogP contribution in [0.2, 0.25) is 0 Å². The van der Waals surface area contributed by atoms with Crippen molar-refractivity contribution in [1.29, 1.82) is 0 Å². The van der Waals surface area contributed by atoms with Crippen molar-refractivity contribution in [1.82, 2.24) is 0 Å². The van der Waals surface area contributed by atoms with Crippen LogP contribution in [0.1, 0.15) is 27.2 Å². The second-order valence-corrected chi connectivity index (χ2v) is 6.95. The molecule has 0 aromatic heterocycles. The largest absolute Gasteiger partial charge is 0.394 e. The number of rotatable bonds is 4. The van der Waals surface area contributed by atoms with E-state index in [9.17, 15) is 20.4 Å². The van der Waals surface area contributed by atoms with Gasteiger partial charge >= 0.3 is 0 Å². The van der Waals surface area contributed by atoms with E-state index in [1.807, 2.05) is 13.8 Å². The van der Waals surface area contributed by atoms with Gasteiger partial charge < -0.3 is 39.4 Å². The van der Waals surface area contributed by atoms with Gasteiger partial charge in [0.1, 0.15) is 24.4 Å². The Balaban J connectivity index is 2.08. The average molecular weight is 336 g/mol. The van der Waals surface area contributed by atoms with Gasteiger partial charge in [0.15, 0.2) is 12.6 Å². The number of ether oxygens (including phenoxy) is 4. The van der Waals surface area contributed by atoms with Crippen molar-refractivity contribution in [2.24, 2.45) is 5.41 Å². The third kappa shape index (κ3) is 3.85. The third-order valence-corrected chi connectivity index (χ3v) is 4.67. The second kappa shape index (κ2) is 7.28. The van der Waals surface area contributed by atoms with Gasteiger partial charge in [-0.3, -0.25) is 0 Å². The fourth-order valence-electron chi connectivity index (χ4n) is 3.19. The highest BCUT2D eigenvalue weighted by atomic mass is 16.7. The van der Waals surface area contributed by atoms with Gasteiger partial charge in [-0.2, -0.15) is 0 Å². The van der Waals surface area contributed by atoms with Crippen LogP contribution in [0.3, 0.4) is 0 Å². The molecule has 2 rings (SSSR count). The molecule has 8 unspecified atom stereocenters. The highest BCUT2D eigenvalue weighted by Crippen LogP contribution is 2.38. The monoisotopic (exact) mass is 336 g/mol. The lowest BCUT2D eigenvalue weighted by Gasteiger charge is -2.47. The highest BCUT2D eigenvalue weighted by Gasteiger charge is 2.48. The molecule has 0 radical (unpaired) electrons. The molecule has 0 spiro atoms. The zero-order valence-electron chi connectivity index (χ0n) is 14.0. The number of hydrogen-bond donors (Lipinski definition) is 4. The minimum atomic E-state index is -1.30. The van der Waals surface area contributed by atoms with Crippen LogP contribution in [0.25, 0.3) is 0 Å². The summed E-state index contributed by atoms with van der Waals surface area (Å²) in [6.45, 7) is 5.12. The molecular weight excluding hydrogens is 308 g/mol. The Hall–Kier alpha value is -0.320. The van der Waals surface area contributed by atoms with E-state index in [1.165, 1.54) is 7.11 Å². The lowest BCUT2D eigenvalue weighted by molar-refractivity contribution is -0.347. The molecule has 2 saturated heterocycles. The van der Waals surface area contributed by atoms with Crippen LogP contribution in [0.4, 0.5) is 0 Å². The molecule has 136 valence electrons. The van der Waals surface area contributed by atoms with Gasteiger partial charge in [-0.05, 0) is 12.3 Å². The van der Waals surface area contributed by atoms with Gasteiger partial charge in [-0.25, -0.2) is 0 Å². The van der Waals surface area contributed by atoms with Crippen molar-refractivity contribution in [3.05, 3.63) is 0 Å². The summed E-state index contributed by atoms with van der Waals surface area (Å²) < 4.78 is 22.0. The molecule has 0 aliphatic carbocycles. The number of aliphatic hydroxyl groups excluding tert-OH is 4. The summed E-state index contributed by atoms with van der Waals surface area (Å²) in [5, 5.41) is 39.6. The van der Waals surface area contributed by atoms with Gasteiger partial charge in [0.25, 0.3) is 0 Å². The first-order valence-corrected chi connectivity index (χ1v) is 7.85. The molecule has 0 aromatic carbocycles. The summed E-state index contributed by atoms with van der Waals surface area (Å²) in [7, 11) is 1.39. The quantitative estimate of drug-likeness (QED) is 0.515. The summed E-state index contributed by atoms with van der Waals surface area (Å²) in [5.41, 5.74) is -0.419. The van der Waals surface area contributed by atoms with Gasteiger partial charge in [-0.15, -0.1) is 0 Å². The maximum atomic E-state index is 10.3. The molecule has 23 heavy (non-hydrogen) atoms. The normalized spacial score (nSPS) is 47.5. The lowest BCUT2D eigenvalue weighted by Crippen LogP contribution is -2.61. The molecule has 0 bridgehead atoms. The summed E-state index contributed by atoms with van der Waals surface area (Å²) in [5.74, 6) is 0. The lowest BCUT2D eigenvalue weighted by atomic mass is 9.78. The Bertz CT molecular complexity index is 388. The van der Waals surface area contributed by atoms with Crippen LogP contribution in [-0.4, -0.2) is 83.3 Å². The highest BCUT2D eigenvalue weighted by molar-refractivity contribution is 4.92. The van der Waals surface area contributed by atoms with E-state index in [0.717, 1.165) is 0 Å². The summed E-state index contributed by atoms with van der Waals surface area (Å²) in [4.78, 5) is 0. The first kappa shape index (κ1) is 19.0. The first-order valence-electron chi connectivity index (χ1n) is 7.85. The van der Waals surface area contributed by atoms with E-state index in [1.54, 1.807) is 6.92 Å². The molecule has 2 aliphatic rings. The molecule has 4 N–H and O–H groups in total. The summed E-state index contributed by atoms with van der Waals surface area (Å²) in [6.07, 6.45) is -6.77. The van der Waals surface area contributed by atoms with Crippen LogP contribution in [0.5, 0.6) is 0 Å². The Morgan fingerprint density at radius 1 is 1.13 bits per heavy atom. The zero-order chi connectivity index (χ0) is 17.4. The molecular formula is C15H28O8. The standard InChI is InChI=1S/C15H28O8/c1-7-13(19)15(2,3)5-9(21-7)23-12-11(18)10(17)8(6-16)22-14(12)20-4/h7-14,16-19H,5-6H2,1-4H3. The molecule has 8 atom stereocenters. The molecule has 8 heteroatoms. The van der Waals surface area contributed by atoms with Crippen LogP contribution in [-0.2, 0) is 18.9 Å². The topological polar surface area (TPSA) is 118 Å². The molecule has 2 aliphatic heterocycles. The zero-order valence-corrected chi connectivity index (χ0v) is 14.0. The molecule has 0 amide bonds. The van der Waals surface area contributed by atoms with Gasteiger partial charge in [0.2, 0.25) is 0 Å². The average Bonchev–Trinajstić information content (AvgIpc) is 2.49. The first-order chi connectivity index (χ1) is 10.7. The fourth-order valence-corrected chi connectivity index (χ4v) is 3.19. The van der Waals surface area contributed by atoms with Crippen LogP contribution < -0.4 is 0 Å². The van der Waals surface area contributed by atoms with Crippen molar-refractivity contribution in [3.63, 3.8) is 0 Å². The Morgan fingerprint density at radius 2 is 1.78 bits per heavy atom. The maximum absolute atomic E-state index is 10.3. The Labute approximate surface area is 135 Å². The molecule has 2 heterocycles. The van der Waals surface area contributed by atoms with Crippen molar-refractivity contribution < 1.29 is 39.4 Å². The predicted molar refractivity (Wildman–Crippen MR) is 78.4 cm³/mol. The van der Waals surface area contributed by atoms with Gasteiger partial charge in [0.05, 0.1) is 18.8 Å². The van der Waals surface area contributed by atoms with Crippen molar-refractivity contribution in [2.75, 3.05) is 13.7 Å². The smallest absolute Gasteiger partial charge is 0.186 e. The van der Waals surface area contributed by atoms with E-state index in [4.69, 9.17) is 18.9 Å². The predicted octanol–water partition coefficient (Wildman–Crippen LogP) is -1.02. The molecule has 0 saturated carbocycles. The maximum Gasteiger partial charge on any atom is 0.186 e. The Morgan fingerprint density at radius 3 is 2.30 bits per heavy atom. The van der Waals surface area contributed by atoms with E-state index in [0.29, 0.717) is 6.42 Å². The van der Waals surface area contributed by atoms with Crippen molar-refractivity contribution >= 4 is 0 Å². The van der Waals surface area contributed by atoms with Gasteiger partial charge in [-0.1, -0.05) is 13.8 Å². The Kier molecular flexibility index (Phi) is 6.02. The van der Waals surface area contributed by atoms with E-state index >= 15 is 0 Å². The summed E-state index contributed by atoms with van der Waals surface area (Å²) >= 11 is 0. The number of aliphatic hydroxyl groups is 4.